The quantitative estimate of drug-likeness (QED) is 0.856. The lowest BCUT2D eigenvalue weighted by molar-refractivity contribution is 0.0661. The molecule has 1 saturated heterocycles. The van der Waals surface area contributed by atoms with Gasteiger partial charge in [-0.25, -0.2) is 0 Å². The molecule has 0 saturated carbocycles. The van der Waals surface area contributed by atoms with Crippen LogP contribution in [-0.2, 0) is 0 Å². The Morgan fingerprint density at radius 1 is 1.04 bits per heavy atom. The zero-order valence-corrected chi connectivity index (χ0v) is 13.6. The Bertz CT molecular complexity index is 628. The first-order valence-electron chi connectivity index (χ1n) is 8.26. The summed E-state index contributed by atoms with van der Waals surface area (Å²) in [5.41, 5.74) is 2.02. The van der Waals surface area contributed by atoms with Gasteiger partial charge in [0.1, 0.15) is 5.75 Å². The minimum Gasteiger partial charge on any atom is -0.493 e. The minimum absolute atomic E-state index is 0.142. The summed E-state index contributed by atoms with van der Waals surface area (Å²) in [7, 11) is 0. The van der Waals surface area contributed by atoms with E-state index in [4.69, 9.17) is 4.74 Å². The van der Waals surface area contributed by atoms with E-state index < -0.39 is 0 Å². The summed E-state index contributed by atoms with van der Waals surface area (Å²) in [5, 5.41) is 0. The van der Waals surface area contributed by atoms with Gasteiger partial charge in [-0.2, -0.15) is 0 Å². The van der Waals surface area contributed by atoms with E-state index in [-0.39, 0.29) is 5.91 Å². The molecule has 1 amide bonds. The van der Waals surface area contributed by atoms with Crippen molar-refractivity contribution in [2.75, 3.05) is 19.7 Å². The van der Waals surface area contributed by atoms with Crippen LogP contribution in [0.4, 0.5) is 0 Å². The normalized spacial score (nSPS) is 15.4. The minimum atomic E-state index is 0.142. The van der Waals surface area contributed by atoms with Crippen LogP contribution in [0.5, 0.6) is 5.75 Å². The highest BCUT2D eigenvalue weighted by Gasteiger charge is 2.23. The Labute approximate surface area is 137 Å². The molecule has 120 valence electrons. The molecular weight excluding hydrogens is 286 g/mol. The van der Waals surface area contributed by atoms with Crippen LogP contribution in [-0.4, -0.2) is 30.5 Å². The van der Waals surface area contributed by atoms with Gasteiger partial charge in [0.05, 0.1) is 6.61 Å². The third-order valence-electron chi connectivity index (χ3n) is 4.43. The van der Waals surface area contributed by atoms with E-state index in [1.165, 1.54) is 5.56 Å². The highest BCUT2D eigenvalue weighted by atomic mass is 16.5. The average Bonchev–Trinajstić information content (AvgIpc) is 2.62. The van der Waals surface area contributed by atoms with Crippen molar-refractivity contribution < 1.29 is 9.53 Å². The summed E-state index contributed by atoms with van der Waals surface area (Å²) in [6.45, 7) is 4.44. The van der Waals surface area contributed by atoms with Crippen LogP contribution < -0.4 is 4.74 Å². The summed E-state index contributed by atoms with van der Waals surface area (Å²) < 4.78 is 5.88. The van der Waals surface area contributed by atoms with Crippen molar-refractivity contribution in [2.24, 2.45) is 5.92 Å². The van der Waals surface area contributed by atoms with Gasteiger partial charge in [-0.05, 0) is 49.9 Å². The second-order valence-electron chi connectivity index (χ2n) is 6.23. The number of hydrogen-bond acceptors (Lipinski definition) is 2. The van der Waals surface area contributed by atoms with Gasteiger partial charge < -0.3 is 9.64 Å². The number of piperidine rings is 1. The van der Waals surface area contributed by atoms with Gasteiger partial charge in [0.2, 0.25) is 0 Å². The Morgan fingerprint density at radius 2 is 1.70 bits per heavy atom. The van der Waals surface area contributed by atoms with Gasteiger partial charge in [-0.15, -0.1) is 0 Å². The first-order chi connectivity index (χ1) is 11.2. The first-order valence-corrected chi connectivity index (χ1v) is 8.26. The Balaban J connectivity index is 1.47. The fourth-order valence-corrected chi connectivity index (χ4v) is 2.91. The van der Waals surface area contributed by atoms with Gasteiger partial charge >= 0.3 is 0 Å². The number of nitrogens with zero attached hydrogens (tertiary/aromatic N) is 1. The zero-order valence-electron chi connectivity index (χ0n) is 13.6. The van der Waals surface area contributed by atoms with Crippen molar-refractivity contribution >= 4 is 5.91 Å². The summed E-state index contributed by atoms with van der Waals surface area (Å²) in [5.74, 6) is 1.60. The van der Waals surface area contributed by atoms with Gasteiger partial charge in [0.15, 0.2) is 0 Å². The molecule has 0 atom stereocenters. The van der Waals surface area contributed by atoms with Crippen LogP contribution in [0.1, 0.15) is 28.8 Å². The maximum absolute atomic E-state index is 12.4. The molecule has 0 N–H and O–H groups in total. The molecule has 2 aromatic carbocycles. The summed E-state index contributed by atoms with van der Waals surface area (Å²) in [6, 6.07) is 17.7. The predicted octanol–water partition coefficient (Wildman–Crippen LogP) is 3.93. The number of amides is 1. The van der Waals surface area contributed by atoms with E-state index in [0.717, 1.165) is 43.9 Å². The van der Waals surface area contributed by atoms with Crippen LogP contribution in [0, 0.1) is 12.8 Å². The van der Waals surface area contributed by atoms with Crippen molar-refractivity contribution in [1.82, 2.24) is 4.90 Å². The second kappa shape index (κ2) is 7.32. The molecule has 0 radical (unpaired) electrons. The summed E-state index contributed by atoms with van der Waals surface area (Å²) >= 11 is 0. The number of benzene rings is 2. The van der Waals surface area contributed by atoms with E-state index in [1.807, 2.05) is 47.4 Å². The topological polar surface area (TPSA) is 29.5 Å². The number of likely N-dealkylation sites (tertiary alicyclic amines) is 1. The van der Waals surface area contributed by atoms with Gasteiger partial charge in [-0.3, -0.25) is 4.79 Å². The van der Waals surface area contributed by atoms with Crippen molar-refractivity contribution in [3.05, 3.63) is 65.7 Å². The molecule has 2 aromatic rings. The monoisotopic (exact) mass is 309 g/mol. The van der Waals surface area contributed by atoms with E-state index >= 15 is 0 Å². The third kappa shape index (κ3) is 4.13. The van der Waals surface area contributed by atoms with E-state index in [9.17, 15) is 4.79 Å². The van der Waals surface area contributed by atoms with Crippen LogP contribution in [0.15, 0.2) is 54.6 Å². The number of rotatable bonds is 4. The molecular formula is C20H23NO2. The number of hydrogen-bond donors (Lipinski definition) is 0. The van der Waals surface area contributed by atoms with Gasteiger partial charge in [-0.1, -0.05) is 35.9 Å². The summed E-state index contributed by atoms with van der Waals surface area (Å²) in [4.78, 5) is 14.4. The van der Waals surface area contributed by atoms with Gasteiger partial charge in [0, 0.05) is 18.7 Å². The van der Waals surface area contributed by atoms with Gasteiger partial charge in [0.25, 0.3) is 5.91 Å². The molecule has 0 unspecified atom stereocenters. The maximum Gasteiger partial charge on any atom is 0.253 e. The zero-order chi connectivity index (χ0) is 16.1. The Morgan fingerprint density at radius 3 is 2.35 bits per heavy atom. The standard InChI is InChI=1S/C20H23NO2/c1-16-7-9-19(10-8-16)23-15-17-11-13-21(14-12-17)20(22)18-5-3-2-4-6-18/h2-10,17H,11-15H2,1H3. The molecule has 3 nitrogen and oxygen atoms in total. The maximum atomic E-state index is 12.4. The molecule has 1 aliphatic rings. The molecule has 3 rings (SSSR count). The highest BCUT2D eigenvalue weighted by molar-refractivity contribution is 5.94. The lowest BCUT2D eigenvalue weighted by Gasteiger charge is -2.32. The van der Waals surface area contributed by atoms with E-state index in [1.54, 1.807) is 0 Å². The number of carbonyl (C=O) groups is 1. The molecule has 1 heterocycles. The van der Waals surface area contributed by atoms with Crippen molar-refractivity contribution in [3.63, 3.8) is 0 Å². The smallest absolute Gasteiger partial charge is 0.253 e. The van der Waals surface area contributed by atoms with E-state index in [0.29, 0.717) is 5.92 Å². The molecule has 1 fully saturated rings. The highest BCUT2D eigenvalue weighted by Crippen LogP contribution is 2.21. The molecule has 1 aliphatic heterocycles. The molecule has 23 heavy (non-hydrogen) atoms. The molecule has 0 spiro atoms. The summed E-state index contributed by atoms with van der Waals surface area (Å²) in [6.07, 6.45) is 2.01. The number of carbonyl (C=O) groups excluding carboxylic acids is 1. The largest absolute Gasteiger partial charge is 0.493 e. The van der Waals surface area contributed by atoms with Crippen molar-refractivity contribution in [3.8, 4) is 5.75 Å². The van der Waals surface area contributed by atoms with Crippen molar-refractivity contribution in [2.45, 2.75) is 19.8 Å². The van der Waals surface area contributed by atoms with Crippen LogP contribution in [0.3, 0.4) is 0 Å². The molecule has 0 aliphatic carbocycles. The molecule has 0 aromatic heterocycles. The first kappa shape index (κ1) is 15.6. The van der Waals surface area contributed by atoms with E-state index in [2.05, 4.69) is 19.1 Å². The third-order valence-corrected chi connectivity index (χ3v) is 4.43. The fourth-order valence-electron chi connectivity index (χ4n) is 2.91. The molecule has 0 bridgehead atoms. The average molecular weight is 309 g/mol. The SMILES string of the molecule is Cc1ccc(OCC2CCN(C(=O)c3ccccc3)CC2)cc1. The van der Waals surface area contributed by atoms with Crippen molar-refractivity contribution in [1.29, 1.82) is 0 Å². The predicted molar refractivity (Wildman–Crippen MR) is 91.7 cm³/mol. The molecule has 3 heteroatoms. The fraction of sp³-hybridized carbons (Fsp3) is 0.350. The number of ether oxygens (including phenoxy) is 1. The lowest BCUT2D eigenvalue weighted by Crippen LogP contribution is -2.39. The Kier molecular flexibility index (Phi) is 4.96. The second-order valence-corrected chi connectivity index (χ2v) is 6.23. The lowest BCUT2D eigenvalue weighted by atomic mass is 9.97. The Hall–Kier alpha value is -2.29. The van der Waals surface area contributed by atoms with Crippen LogP contribution >= 0.6 is 0 Å². The number of aryl methyl sites for hydroxylation is 1. The van der Waals surface area contributed by atoms with Crippen LogP contribution in [0.25, 0.3) is 0 Å². The van der Waals surface area contributed by atoms with Crippen LogP contribution in [0.2, 0.25) is 0 Å².